The smallest absolute Gasteiger partial charge is 0.194 e. The molecule has 7 heteroatoms. The highest BCUT2D eigenvalue weighted by Gasteiger charge is 2.28. The van der Waals surface area contributed by atoms with Gasteiger partial charge in [-0.05, 0) is 36.5 Å². The Morgan fingerprint density at radius 1 is 1.20 bits per heavy atom. The standard InChI is InChI=1S/C23H31N7/c1-3-25-23(28-12-8-19(2)22(17-28)29-13-10-24-18-29)26-15-20-6-4-7-21(14-20)16-30-11-5-9-27-30/h4-7,9-11,13-14,18-19,22H,3,8,12,15-17H2,1-2H3,(H,25,26). The predicted octanol–water partition coefficient (Wildman–Crippen LogP) is 3.18. The number of rotatable bonds is 6. The van der Waals surface area contributed by atoms with Gasteiger partial charge in [-0.2, -0.15) is 5.10 Å². The van der Waals surface area contributed by atoms with Gasteiger partial charge in [-0.15, -0.1) is 0 Å². The van der Waals surface area contributed by atoms with Gasteiger partial charge in [0.2, 0.25) is 0 Å². The molecule has 158 valence electrons. The maximum atomic E-state index is 4.97. The maximum Gasteiger partial charge on any atom is 0.194 e. The van der Waals surface area contributed by atoms with Gasteiger partial charge in [0.05, 0.1) is 25.5 Å². The van der Waals surface area contributed by atoms with Crippen molar-refractivity contribution < 1.29 is 0 Å². The van der Waals surface area contributed by atoms with E-state index in [1.54, 1.807) is 0 Å². The number of hydrogen-bond acceptors (Lipinski definition) is 3. The van der Waals surface area contributed by atoms with Crippen LogP contribution < -0.4 is 5.32 Å². The first-order valence-electron chi connectivity index (χ1n) is 10.8. The van der Waals surface area contributed by atoms with Crippen molar-refractivity contribution in [3.63, 3.8) is 0 Å². The van der Waals surface area contributed by atoms with Crippen molar-refractivity contribution in [1.29, 1.82) is 0 Å². The Kier molecular flexibility index (Phi) is 6.47. The maximum absolute atomic E-state index is 4.97. The number of guanidine groups is 1. The third kappa shape index (κ3) is 4.90. The summed E-state index contributed by atoms with van der Waals surface area (Å²) < 4.78 is 4.18. The number of nitrogens with one attached hydrogen (secondary N) is 1. The number of nitrogens with zero attached hydrogens (tertiary/aromatic N) is 6. The Balaban J connectivity index is 1.46. The molecule has 0 saturated carbocycles. The van der Waals surface area contributed by atoms with E-state index in [1.807, 2.05) is 35.7 Å². The Labute approximate surface area is 178 Å². The van der Waals surface area contributed by atoms with Crippen LogP contribution in [0.1, 0.15) is 37.4 Å². The summed E-state index contributed by atoms with van der Waals surface area (Å²) >= 11 is 0. The van der Waals surface area contributed by atoms with E-state index in [0.717, 1.165) is 38.6 Å². The number of aromatic nitrogens is 4. The molecule has 2 aromatic heterocycles. The van der Waals surface area contributed by atoms with Crippen LogP contribution in [0, 0.1) is 5.92 Å². The van der Waals surface area contributed by atoms with E-state index < -0.39 is 0 Å². The largest absolute Gasteiger partial charge is 0.357 e. The highest BCUT2D eigenvalue weighted by molar-refractivity contribution is 5.80. The number of likely N-dealkylation sites (tertiary alicyclic amines) is 1. The molecule has 4 rings (SSSR count). The van der Waals surface area contributed by atoms with Gasteiger partial charge in [-0.25, -0.2) is 9.98 Å². The molecule has 7 nitrogen and oxygen atoms in total. The molecule has 1 saturated heterocycles. The Bertz CT molecular complexity index is 930. The monoisotopic (exact) mass is 405 g/mol. The Morgan fingerprint density at radius 2 is 2.10 bits per heavy atom. The van der Waals surface area contributed by atoms with E-state index in [4.69, 9.17) is 4.99 Å². The summed E-state index contributed by atoms with van der Waals surface area (Å²) in [6.45, 7) is 8.73. The van der Waals surface area contributed by atoms with Gasteiger partial charge in [-0.3, -0.25) is 4.68 Å². The second-order valence-corrected chi connectivity index (χ2v) is 7.98. The van der Waals surface area contributed by atoms with Crippen LogP contribution in [-0.4, -0.2) is 49.8 Å². The second-order valence-electron chi connectivity index (χ2n) is 7.98. The first-order valence-corrected chi connectivity index (χ1v) is 10.8. The third-order valence-electron chi connectivity index (χ3n) is 5.77. The zero-order valence-electron chi connectivity index (χ0n) is 17.9. The summed E-state index contributed by atoms with van der Waals surface area (Å²) in [5.41, 5.74) is 2.45. The van der Waals surface area contributed by atoms with Crippen molar-refractivity contribution in [3.8, 4) is 0 Å². The zero-order chi connectivity index (χ0) is 20.8. The predicted molar refractivity (Wildman–Crippen MR) is 119 cm³/mol. The van der Waals surface area contributed by atoms with Gasteiger partial charge in [-0.1, -0.05) is 31.2 Å². The molecule has 3 heterocycles. The molecule has 30 heavy (non-hydrogen) atoms. The van der Waals surface area contributed by atoms with Gasteiger partial charge >= 0.3 is 0 Å². The Hall–Kier alpha value is -3.09. The molecule has 3 aromatic rings. The average Bonchev–Trinajstić information content (AvgIpc) is 3.46. The van der Waals surface area contributed by atoms with Crippen LogP contribution in [0.2, 0.25) is 0 Å². The minimum absolute atomic E-state index is 0.419. The van der Waals surface area contributed by atoms with Crippen LogP contribution in [0.25, 0.3) is 0 Å². The molecular weight excluding hydrogens is 374 g/mol. The van der Waals surface area contributed by atoms with Crippen LogP contribution in [0.4, 0.5) is 0 Å². The summed E-state index contributed by atoms with van der Waals surface area (Å²) in [6.07, 6.45) is 10.8. The lowest BCUT2D eigenvalue weighted by atomic mass is 9.93. The van der Waals surface area contributed by atoms with E-state index in [-0.39, 0.29) is 0 Å². The van der Waals surface area contributed by atoms with E-state index in [0.29, 0.717) is 18.5 Å². The highest BCUT2D eigenvalue weighted by Crippen LogP contribution is 2.27. The minimum atomic E-state index is 0.419. The average molecular weight is 406 g/mol. The molecule has 0 spiro atoms. The molecule has 0 amide bonds. The van der Waals surface area contributed by atoms with Crippen LogP contribution in [-0.2, 0) is 13.1 Å². The van der Waals surface area contributed by atoms with Crippen LogP contribution >= 0.6 is 0 Å². The minimum Gasteiger partial charge on any atom is -0.357 e. The van der Waals surface area contributed by atoms with Crippen molar-refractivity contribution in [1.82, 2.24) is 29.5 Å². The molecule has 0 radical (unpaired) electrons. The van der Waals surface area contributed by atoms with Crippen molar-refractivity contribution in [2.75, 3.05) is 19.6 Å². The number of imidazole rings is 1. The van der Waals surface area contributed by atoms with Gasteiger partial charge < -0.3 is 14.8 Å². The summed E-state index contributed by atoms with van der Waals surface area (Å²) in [5, 5.41) is 7.79. The highest BCUT2D eigenvalue weighted by atomic mass is 15.3. The number of aliphatic imine (C=N–C) groups is 1. The second kappa shape index (κ2) is 9.61. The number of benzene rings is 1. The third-order valence-corrected chi connectivity index (χ3v) is 5.77. The lowest BCUT2D eigenvalue weighted by Crippen LogP contribution is -2.49. The van der Waals surface area contributed by atoms with Crippen LogP contribution in [0.3, 0.4) is 0 Å². The molecule has 2 unspecified atom stereocenters. The molecule has 1 fully saturated rings. The van der Waals surface area contributed by atoms with E-state index >= 15 is 0 Å². The molecular formula is C23H31N7. The Morgan fingerprint density at radius 3 is 2.87 bits per heavy atom. The molecule has 0 bridgehead atoms. The molecule has 1 aromatic carbocycles. The zero-order valence-corrected chi connectivity index (χ0v) is 17.9. The van der Waals surface area contributed by atoms with E-state index in [2.05, 4.69) is 69.2 Å². The fourth-order valence-electron chi connectivity index (χ4n) is 4.09. The summed E-state index contributed by atoms with van der Waals surface area (Å²) in [6, 6.07) is 11.0. The van der Waals surface area contributed by atoms with Crippen molar-refractivity contribution >= 4 is 5.96 Å². The summed E-state index contributed by atoms with van der Waals surface area (Å²) in [5.74, 6) is 1.62. The molecule has 0 aliphatic carbocycles. The van der Waals surface area contributed by atoms with Gasteiger partial charge in [0.25, 0.3) is 0 Å². The van der Waals surface area contributed by atoms with E-state index in [9.17, 15) is 0 Å². The van der Waals surface area contributed by atoms with Gasteiger partial charge in [0.15, 0.2) is 5.96 Å². The fraction of sp³-hybridized carbons (Fsp3) is 0.435. The van der Waals surface area contributed by atoms with Crippen molar-refractivity contribution in [2.45, 2.75) is 39.4 Å². The van der Waals surface area contributed by atoms with E-state index in [1.165, 1.54) is 11.1 Å². The molecule has 1 aliphatic rings. The van der Waals surface area contributed by atoms with Crippen LogP contribution in [0.15, 0.2) is 66.4 Å². The van der Waals surface area contributed by atoms with Crippen molar-refractivity contribution in [2.24, 2.45) is 10.9 Å². The lowest BCUT2D eigenvalue weighted by molar-refractivity contribution is 0.189. The fourth-order valence-corrected chi connectivity index (χ4v) is 4.09. The lowest BCUT2D eigenvalue weighted by Gasteiger charge is -2.39. The number of piperidine rings is 1. The SMILES string of the molecule is CCNC(=NCc1cccc(Cn2cccn2)c1)N1CCC(C)C(n2ccnc2)C1. The summed E-state index contributed by atoms with van der Waals surface area (Å²) in [4.78, 5) is 11.6. The van der Waals surface area contributed by atoms with Gasteiger partial charge in [0, 0.05) is 44.4 Å². The summed E-state index contributed by atoms with van der Waals surface area (Å²) in [7, 11) is 0. The molecule has 1 N–H and O–H groups in total. The van der Waals surface area contributed by atoms with Crippen LogP contribution in [0.5, 0.6) is 0 Å². The molecule has 1 aliphatic heterocycles. The quantitative estimate of drug-likeness (QED) is 0.505. The normalized spacial score (nSPS) is 19.8. The van der Waals surface area contributed by atoms with Crippen molar-refractivity contribution in [3.05, 3.63) is 72.6 Å². The topological polar surface area (TPSA) is 63.3 Å². The molecule has 2 atom stereocenters. The first kappa shape index (κ1) is 20.2. The number of hydrogen-bond donors (Lipinski definition) is 1. The van der Waals surface area contributed by atoms with Gasteiger partial charge in [0.1, 0.15) is 0 Å². The first-order chi connectivity index (χ1) is 14.7.